The van der Waals surface area contributed by atoms with Gasteiger partial charge in [0.2, 0.25) is 0 Å². The van der Waals surface area contributed by atoms with Crippen LogP contribution in [0, 0.1) is 0 Å². The number of rotatable bonds is 6. The second-order valence-corrected chi connectivity index (χ2v) is 4.48. The zero-order valence-corrected chi connectivity index (χ0v) is 10.7. The largest absolute Gasteiger partial charge is 0.493 e. The maximum atomic E-state index is 10.5. The molecular formula is C15H18O4. The topological polar surface area (TPSA) is 55.8 Å². The van der Waals surface area contributed by atoms with E-state index in [1.165, 1.54) is 0 Å². The molecule has 1 aromatic carbocycles. The van der Waals surface area contributed by atoms with Gasteiger partial charge in [0.25, 0.3) is 0 Å². The zero-order chi connectivity index (χ0) is 13.5. The van der Waals surface area contributed by atoms with Crippen molar-refractivity contribution in [2.75, 3.05) is 13.2 Å². The van der Waals surface area contributed by atoms with Gasteiger partial charge in [-0.1, -0.05) is 18.2 Å². The van der Waals surface area contributed by atoms with Crippen LogP contribution in [0.15, 0.2) is 30.3 Å². The molecule has 1 saturated heterocycles. The lowest BCUT2D eigenvalue weighted by Crippen LogP contribution is -2.11. The third-order valence-corrected chi connectivity index (χ3v) is 3.05. The highest BCUT2D eigenvalue weighted by Gasteiger charge is 2.15. The average Bonchev–Trinajstić information content (AvgIpc) is 2.91. The quantitative estimate of drug-likeness (QED) is 0.801. The van der Waals surface area contributed by atoms with Crippen LogP contribution in [0.1, 0.15) is 24.8 Å². The molecule has 1 heterocycles. The second-order valence-electron chi connectivity index (χ2n) is 4.48. The molecular weight excluding hydrogens is 244 g/mol. The number of carboxylic acid groups (broad SMARTS) is 1. The third kappa shape index (κ3) is 4.41. The number of ether oxygens (including phenoxy) is 2. The standard InChI is InChI=1S/C15H18O4/c16-15(17)8-7-12-4-1-2-6-14(12)19-11-9-13-5-3-10-18-13/h1-2,4,6-8,13H,3,5,9-11H2,(H,16,17). The van der Waals surface area contributed by atoms with Gasteiger partial charge in [0.05, 0.1) is 12.7 Å². The van der Waals surface area contributed by atoms with Crippen LogP contribution >= 0.6 is 0 Å². The number of hydrogen-bond acceptors (Lipinski definition) is 3. The van der Waals surface area contributed by atoms with Gasteiger partial charge in [-0.15, -0.1) is 0 Å². The minimum absolute atomic E-state index is 0.307. The van der Waals surface area contributed by atoms with Crippen LogP contribution < -0.4 is 4.74 Å². The maximum Gasteiger partial charge on any atom is 0.328 e. The fourth-order valence-electron chi connectivity index (χ4n) is 2.08. The Morgan fingerprint density at radius 2 is 2.32 bits per heavy atom. The summed E-state index contributed by atoms with van der Waals surface area (Å²) in [6.07, 6.45) is 6.07. The van der Waals surface area contributed by atoms with Crippen molar-refractivity contribution in [1.82, 2.24) is 0 Å². The molecule has 1 fully saturated rings. The van der Waals surface area contributed by atoms with E-state index < -0.39 is 5.97 Å². The van der Waals surface area contributed by atoms with E-state index in [4.69, 9.17) is 14.6 Å². The fraction of sp³-hybridized carbons (Fsp3) is 0.400. The van der Waals surface area contributed by atoms with E-state index in [0.717, 1.165) is 37.5 Å². The van der Waals surface area contributed by atoms with Gasteiger partial charge in [-0.3, -0.25) is 0 Å². The Labute approximate surface area is 112 Å². The Kier molecular flexibility index (Phi) is 4.98. The number of hydrogen-bond donors (Lipinski definition) is 1. The molecule has 1 N–H and O–H groups in total. The van der Waals surface area contributed by atoms with E-state index in [1.807, 2.05) is 24.3 Å². The number of carbonyl (C=O) groups is 1. The van der Waals surface area contributed by atoms with Crippen LogP contribution in [0.25, 0.3) is 6.08 Å². The lowest BCUT2D eigenvalue weighted by atomic mass is 10.2. The molecule has 2 rings (SSSR count). The molecule has 102 valence electrons. The molecule has 0 saturated carbocycles. The summed E-state index contributed by atoms with van der Waals surface area (Å²) in [4.78, 5) is 10.5. The average molecular weight is 262 g/mol. The van der Waals surface area contributed by atoms with Gasteiger partial charge in [0.15, 0.2) is 0 Å². The normalized spacial score (nSPS) is 18.8. The number of carboxylic acids is 1. The molecule has 0 spiro atoms. The SMILES string of the molecule is O=C(O)C=Cc1ccccc1OCCC1CCCO1. The molecule has 0 amide bonds. The summed E-state index contributed by atoms with van der Waals surface area (Å²) in [5, 5.41) is 8.64. The molecule has 0 radical (unpaired) electrons. The smallest absolute Gasteiger partial charge is 0.328 e. The summed E-state index contributed by atoms with van der Waals surface area (Å²) in [6, 6.07) is 7.41. The molecule has 1 unspecified atom stereocenters. The summed E-state index contributed by atoms with van der Waals surface area (Å²) in [6.45, 7) is 1.44. The predicted molar refractivity (Wildman–Crippen MR) is 72.2 cm³/mol. The van der Waals surface area contributed by atoms with E-state index in [9.17, 15) is 4.79 Å². The number of aliphatic carboxylic acids is 1. The highest BCUT2D eigenvalue weighted by Crippen LogP contribution is 2.21. The third-order valence-electron chi connectivity index (χ3n) is 3.05. The van der Waals surface area contributed by atoms with Crippen molar-refractivity contribution < 1.29 is 19.4 Å². The van der Waals surface area contributed by atoms with Crippen LogP contribution in [0.5, 0.6) is 5.75 Å². The first-order valence-electron chi connectivity index (χ1n) is 6.50. The predicted octanol–water partition coefficient (Wildman–Crippen LogP) is 2.73. The van der Waals surface area contributed by atoms with E-state index in [-0.39, 0.29) is 0 Å². The zero-order valence-electron chi connectivity index (χ0n) is 10.7. The Bertz CT molecular complexity index is 447. The van der Waals surface area contributed by atoms with E-state index >= 15 is 0 Å². The Morgan fingerprint density at radius 1 is 1.47 bits per heavy atom. The van der Waals surface area contributed by atoms with Gasteiger partial charge in [-0.2, -0.15) is 0 Å². The van der Waals surface area contributed by atoms with Gasteiger partial charge in [-0.25, -0.2) is 4.79 Å². The Balaban J connectivity index is 1.89. The summed E-state index contributed by atoms with van der Waals surface area (Å²) in [7, 11) is 0. The van der Waals surface area contributed by atoms with Gasteiger partial charge < -0.3 is 14.6 Å². The molecule has 0 aliphatic carbocycles. The molecule has 1 aromatic rings. The minimum Gasteiger partial charge on any atom is -0.493 e. The highest BCUT2D eigenvalue weighted by atomic mass is 16.5. The van der Waals surface area contributed by atoms with E-state index in [1.54, 1.807) is 6.08 Å². The molecule has 0 bridgehead atoms. The minimum atomic E-state index is -0.964. The molecule has 1 atom stereocenters. The lowest BCUT2D eigenvalue weighted by Gasteiger charge is -2.12. The summed E-state index contributed by atoms with van der Waals surface area (Å²) in [5.41, 5.74) is 0.775. The van der Waals surface area contributed by atoms with Crippen LogP contribution in [-0.4, -0.2) is 30.4 Å². The van der Waals surface area contributed by atoms with Crippen molar-refractivity contribution in [1.29, 1.82) is 0 Å². The Morgan fingerprint density at radius 3 is 3.05 bits per heavy atom. The molecule has 1 aliphatic rings. The van der Waals surface area contributed by atoms with Crippen LogP contribution in [-0.2, 0) is 9.53 Å². The van der Waals surface area contributed by atoms with Crippen molar-refractivity contribution >= 4 is 12.0 Å². The molecule has 4 nitrogen and oxygen atoms in total. The van der Waals surface area contributed by atoms with Crippen molar-refractivity contribution in [2.45, 2.75) is 25.4 Å². The van der Waals surface area contributed by atoms with Crippen LogP contribution in [0.4, 0.5) is 0 Å². The first-order valence-corrected chi connectivity index (χ1v) is 6.50. The van der Waals surface area contributed by atoms with Crippen molar-refractivity contribution in [2.24, 2.45) is 0 Å². The summed E-state index contributed by atoms with van der Waals surface area (Å²) >= 11 is 0. The van der Waals surface area contributed by atoms with Gasteiger partial charge in [0.1, 0.15) is 5.75 Å². The van der Waals surface area contributed by atoms with Crippen molar-refractivity contribution in [3.05, 3.63) is 35.9 Å². The van der Waals surface area contributed by atoms with E-state index in [0.29, 0.717) is 18.5 Å². The van der Waals surface area contributed by atoms with Gasteiger partial charge in [0, 0.05) is 24.7 Å². The molecule has 4 heteroatoms. The monoisotopic (exact) mass is 262 g/mol. The molecule has 0 aromatic heterocycles. The molecule has 19 heavy (non-hydrogen) atoms. The summed E-state index contributed by atoms with van der Waals surface area (Å²) in [5.74, 6) is -0.257. The maximum absolute atomic E-state index is 10.5. The molecule has 1 aliphatic heterocycles. The van der Waals surface area contributed by atoms with Crippen LogP contribution in [0.2, 0.25) is 0 Å². The van der Waals surface area contributed by atoms with Crippen molar-refractivity contribution in [3.8, 4) is 5.75 Å². The van der Waals surface area contributed by atoms with E-state index in [2.05, 4.69) is 0 Å². The fourth-order valence-corrected chi connectivity index (χ4v) is 2.08. The highest BCUT2D eigenvalue weighted by molar-refractivity contribution is 5.85. The Hall–Kier alpha value is -1.81. The van der Waals surface area contributed by atoms with Gasteiger partial charge in [-0.05, 0) is 25.0 Å². The summed E-state index contributed by atoms with van der Waals surface area (Å²) < 4.78 is 11.2. The second kappa shape index (κ2) is 6.95. The van der Waals surface area contributed by atoms with Crippen LogP contribution in [0.3, 0.4) is 0 Å². The lowest BCUT2D eigenvalue weighted by molar-refractivity contribution is -0.131. The first-order chi connectivity index (χ1) is 9.25. The number of para-hydroxylation sites is 1. The first kappa shape index (κ1) is 13.6. The van der Waals surface area contributed by atoms with Crippen molar-refractivity contribution in [3.63, 3.8) is 0 Å². The van der Waals surface area contributed by atoms with Gasteiger partial charge >= 0.3 is 5.97 Å². The number of benzene rings is 1.